The molecule has 9 nitrogen and oxygen atoms in total. The van der Waals surface area contributed by atoms with Crippen molar-refractivity contribution in [2.45, 2.75) is 44.4 Å². The van der Waals surface area contributed by atoms with Gasteiger partial charge >= 0.3 is 0 Å². The number of hydrogen-bond donors (Lipinski definition) is 0. The van der Waals surface area contributed by atoms with E-state index in [1.54, 1.807) is 50.5 Å². The second-order valence-electron chi connectivity index (χ2n) is 9.74. The van der Waals surface area contributed by atoms with Crippen LogP contribution in [-0.4, -0.2) is 61.5 Å². The van der Waals surface area contributed by atoms with Gasteiger partial charge < -0.3 is 14.4 Å². The standard InChI is InChI=1S/C30H33N3O6S3/c1-19-26(38-4)14-23(15-27(19)39-5)29(35)33(13-9-12-22-10-7-6-8-11-22)16-28-32-24(17-40-28)25(34)18-42(36,37)30-20(2)31-21(3)41-30/h6-8,10-11,14-15,17H,9,12-13,16,18H2,1-5H3. The van der Waals surface area contributed by atoms with Crippen LogP contribution in [-0.2, 0) is 22.8 Å². The second kappa shape index (κ2) is 13.6. The predicted molar refractivity (Wildman–Crippen MR) is 164 cm³/mol. The van der Waals surface area contributed by atoms with Crippen molar-refractivity contribution in [3.8, 4) is 11.5 Å². The molecule has 1 amide bonds. The van der Waals surface area contributed by atoms with Crippen molar-refractivity contribution in [3.05, 3.63) is 85.9 Å². The van der Waals surface area contributed by atoms with Gasteiger partial charge in [-0.25, -0.2) is 18.4 Å². The number of nitrogens with zero attached hydrogens (tertiary/aromatic N) is 3. The molecule has 0 aliphatic carbocycles. The lowest BCUT2D eigenvalue weighted by Gasteiger charge is -2.23. The average Bonchev–Trinajstić information content (AvgIpc) is 3.58. The zero-order valence-corrected chi connectivity index (χ0v) is 26.6. The number of ketones is 1. The molecule has 0 N–H and O–H groups in total. The minimum absolute atomic E-state index is 0.0628. The van der Waals surface area contributed by atoms with Gasteiger partial charge in [0.05, 0.1) is 31.5 Å². The van der Waals surface area contributed by atoms with Crippen molar-refractivity contribution in [2.75, 3.05) is 26.5 Å². The van der Waals surface area contributed by atoms with Crippen molar-refractivity contribution in [1.29, 1.82) is 0 Å². The van der Waals surface area contributed by atoms with E-state index in [1.165, 1.54) is 16.9 Å². The summed E-state index contributed by atoms with van der Waals surface area (Å²) in [6.07, 6.45) is 1.49. The van der Waals surface area contributed by atoms with E-state index in [1.807, 2.05) is 37.3 Å². The fourth-order valence-corrected chi connectivity index (χ4v) is 8.18. The van der Waals surface area contributed by atoms with Gasteiger partial charge in [0.15, 0.2) is 15.6 Å². The highest BCUT2D eigenvalue weighted by atomic mass is 32.2. The number of Topliss-reactive ketones (excluding diaryl/α,β-unsaturated/α-hetero) is 1. The number of amides is 1. The molecule has 0 unspecified atom stereocenters. The maximum Gasteiger partial charge on any atom is 0.254 e. The number of hydrogen-bond acceptors (Lipinski definition) is 10. The summed E-state index contributed by atoms with van der Waals surface area (Å²) in [5.74, 6) is -0.450. The summed E-state index contributed by atoms with van der Waals surface area (Å²) in [5, 5.41) is 2.69. The van der Waals surface area contributed by atoms with Crippen molar-refractivity contribution in [2.24, 2.45) is 0 Å². The van der Waals surface area contributed by atoms with Gasteiger partial charge in [-0.3, -0.25) is 9.59 Å². The Labute approximate surface area is 254 Å². The van der Waals surface area contributed by atoms with Gasteiger partial charge in [-0.05, 0) is 51.3 Å². The van der Waals surface area contributed by atoms with Gasteiger partial charge in [-0.1, -0.05) is 30.3 Å². The molecule has 0 atom stereocenters. The van der Waals surface area contributed by atoms with Crippen molar-refractivity contribution < 1.29 is 27.5 Å². The van der Waals surface area contributed by atoms with Gasteiger partial charge in [0, 0.05) is 23.1 Å². The van der Waals surface area contributed by atoms with Crippen LogP contribution in [0.15, 0.2) is 52.1 Å². The number of carbonyl (C=O) groups excluding carboxylic acids is 2. The number of aryl methyl sites for hydroxylation is 3. The summed E-state index contributed by atoms with van der Waals surface area (Å²) in [5.41, 5.74) is 2.81. The number of thiazole rings is 2. The highest BCUT2D eigenvalue weighted by Gasteiger charge is 2.27. The second-order valence-corrected chi connectivity index (χ2v) is 14.1. The number of methoxy groups -OCH3 is 2. The fraction of sp³-hybridized carbons (Fsp3) is 0.333. The summed E-state index contributed by atoms with van der Waals surface area (Å²) >= 11 is 2.27. The lowest BCUT2D eigenvalue weighted by molar-refractivity contribution is 0.0740. The summed E-state index contributed by atoms with van der Waals surface area (Å²) in [6, 6.07) is 13.4. The lowest BCUT2D eigenvalue weighted by atomic mass is 10.1. The third-order valence-electron chi connectivity index (χ3n) is 6.65. The quantitative estimate of drug-likeness (QED) is 0.179. The Morgan fingerprint density at radius 1 is 0.976 bits per heavy atom. The van der Waals surface area contributed by atoms with E-state index in [0.717, 1.165) is 23.3 Å². The zero-order valence-electron chi connectivity index (χ0n) is 24.2. The van der Waals surface area contributed by atoms with Gasteiger partial charge in [0.2, 0.25) is 0 Å². The van der Waals surface area contributed by atoms with E-state index in [9.17, 15) is 18.0 Å². The van der Waals surface area contributed by atoms with E-state index < -0.39 is 21.4 Å². The van der Waals surface area contributed by atoms with E-state index in [2.05, 4.69) is 9.97 Å². The van der Waals surface area contributed by atoms with Gasteiger partial charge in [0.1, 0.15) is 32.2 Å². The van der Waals surface area contributed by atoms with Crippen LogP contribution in [0.4, 0.5) is 0 Å². The van der Waals surface area contributed by atoms with E-state index in [4.69, 9.17) is 9.47 Å². The van der Waals surface area contributed by atoms with Crippen LogP contribution in [0.5, 0.6) is 11.5 Å². The van der Waals surface area contributed by atoms with Crippen LogP contribution in [0.3, 0.4) is 0 Å². The monoisotopic (exact) mass is 627 g/mol. The van der Waals surface area contributed by atoms with Gasteiger partial charge in [-0.15, -0.1) is 22.7 Å². The number of carbonyl (C=O) groups is 2. The number of benzene rings is 2. The molecule has 0 fully saturated rings. The van der Waals surface area contributed by atoms with Crippen molar-refractivity contribution >= 4 is 44.2 Å². The summed E-state index contributed by atoms with van der Waals surface area (Å²) in [7, 11) is -0.771. The van der Waals surface area contributed by atoms with Crippen LogP contribution < -0.4 is 9.47 Å². The van der Waals surface area contributed by atoms with Gasteiger partial charge in [-0.2, -0.15) is 0 Å². The first kappa shape index (κ1) is 31.3. The summed E-state index contributed by atoms with van der Waals surface area (Å²) < 4.78 is 36.8. The summed E-state index contributed by atoms with van der Waals surface area (Å²) in [6.45, 7) is 5.79. The van der Waals surface area contributed by atoms with E-state index in [0.29, 0.717) is 45.7 Å². The molecule has 0 spiro atoms. The first-order chi connectivity index (χ1) is 20.0. The first-order valence-electron chi connectivity index (χ1n) is 13.2. The van der Waals surface area contributed by atoms with Crippen LogP contribution >= 0.6 is 22.7 Å². The largest absolute Gasteiger partial charge is 0.496 e. The van der Waals surface area contributed by atoms with Gasteiger partial charge in [0.25, 0.3) is 5.91 Å². The SMILES string of the molecule is COc1cc(C(=O)N(CCCc2ccccc2)Cc2nc(C(=O)CS(=O)(=O)c3sc(C)nc3C)cs2)cc(OC)c1C. The van der Waals surface area contributed by atoms with Crippen LogP contribution in [0.1, 0.15) is 54.1 Å². The van der Waals surface area contributed by atoms with Crippen molar-refractivity contribution in [3.63, 3.8) is 0 Å². The normalized spacial score (nSPS) is 11.4. The van der Waals surface area contributed by atoms with Crippen LogP contribution in [0.25, 0.3) is 0 Å². The number of ether oxygens (including phenoxy) is 2. The molecule has 12 heteroatoms. The molecule has 2 aromatic heterocycles. The lowest BCUT2D eigenvalue weighted by Crippen LogP contribution is -2.32. The fourth-order valence-electron chi connectivity index (χ4n) is 4.55. The number of aromatic nitrogens is 2. The minimum atomic E-state index is -3.85. The Hall–Kier alpha value is -3.61. The Bertz CT molecular complexity index is 1650. The molecule has 0 bridgehead atoms. The maximum atomic E-state index is 13.8. The smallest absolute Gasteiger partial charge is 0.254 e. The maximum absolute atomic E-state index is 13.8. The Kier molecular flexibility index (Phi) is 10.1. The molecule has 2 heterocycles. The van der Waals surface area contributed by atoms with Crippen LogP contribution in [0, 0.1) is 20.8 Å². The molecule has 0 aliphatic rings. The predicted octanol–water partition coefficient (Wildman–Crippen LogP) is 5.47. The Morgan fingerprint density at radius 3 is 2.24 bits per heavy atom. The molecule has 0 saturated heterocycles. The van der Waals surface area contributed by atoms with Crippen molar-refractivity contribution in [1.82, 2.24) is 14.9 Å². The topological polar surface area (TPSA) is 116 Å². The Balaban J connectivity index is 1.55. The zero-order chi connectivity index (χ0) is 30.4. The molecule has 0 saturated carbocycles. The molecule has 2 aromatic carbocycles. The Morgan fingerprint density at radius 2 is 1.64 bits per heavy atom. The molecule has 222 valence electrons. The molecular weight excluding hydrogens is 595 g/mol. The first-order valence-corrected chi connectivity index (χ1v) is 16.6. The average molecular weight is 628 g/mol. The summed E-state index contributed by atoms with van der Waals surface area (Å²) in [4.78, 5) is 37.0. The van der Waals surface area contributed by atoms with E-state index >= 15 is 0 Å². The minimum Gasteiger partial charge on any atom is -0.496 e. The molecule has 4 rings (SSSR count). The number of sulfone groups is 1. The molecular formula is C30H33N3O6S3. The number of rotatable bonds is 13. The highest BCUT2D eigenvalue weighted by Crippen LogP contribution is 2.31. The molecule has 0 radical (unpaired) electrons. The van der Waals surface area contributed by atoms with Crippen LogP contribution in [0.2, 0.25) is 0 Å². The van der Waals surface area contributed by atoms with E-state index in [-0.39, 0.29) is 22.4 Å². The third-order valence-corrected chi connectivity index (χ3v) is 10.9. The molecule has 0 aliphatic heterocycles. The molecule has 42 heavy (non-hydrogen) atoms. The highest BCUT2D eigenvalue weighted by molar-refractivity contribution is 7.94. The third kappa shape index (κ3) is 7.42. The molecule has 4 aromatic rings.